The van der Waals surface area contributed by atoms with E-state index < -0.39 is 0 Å². The third-order valence-corrected chi connectivity index (χ3v) is 4.71. The van der Waals surface area contributed by atoms with Gasteiger partial charge in [0.15, 0.2) is 0 Å². The SMILES string of the molecule is Cc1cc(F)ccc1CC1(CO)CCOC1C1CC1. The standard InChI is InChI=1S/C16H21FO2/c1-11-8-14(17)5-4-13(11)9-16(10-18)6-7-19-15(16)12-2-3-12/h4-5,8,12,15,18H,2-3,6-7,9-10H2,1H3. The van der Waals surface area contributed by atoms with Crippen molar-refractivity contribution < 1.29 is 14.2 Å². The van der Waals surface area contributed by atoms with Gasteiger partial charge in [0.1, 0.15) is 5.82 Å². The smallest absolute Gasteiger partial charge is 0.123 e. The molecule has 2 unspecified atom stereocenters. The second kappa shape index (κ2) is 4.88. The average Bonchev–Trinajstić information content (AvgIpc) is 3.15. The van der Waals surface area contributed by atoms with Gasteiger partial charge in [0.05, 0.1) is 12.7 Å². The Hall–Kier alpha value is -0.930. The van der Waals surface area contributed by atoms with E-state index in [0.29, 0.717) is 5.92 Å². The molecule has 0 aromatic heterocycles. The van der Waals surface area contributed by atoms with Crippen LogP contribution in [0.4, 0.5) is 4.39 Å². The van der Waals surface area contributed by atoms with E-state index in [1.165, 1.54) is 18.9 Å². The minimum atomic E-state index is -0.194. The van der Waals surface area contributed by atoms with E-state index in [-0.39, 0.29) is 23.9 Å². The fourth-order valence-corrected chi connectivity index (χ4v) is 3.39. The summed E-state index contributed by atoms with van der Waals surface area (Å²) in [6.07, 6.45) is 4.31. The second-order valence-corrected chi connectivity index (χ2v) is 6.15. The van der Waals surface area contributed by atoms with Crippen molar-refractivity contribution in [3.8, 4) is 0 Å². The van der Waals surface area contributed by atoms with E-state index in [1.54, 1.807) is 6.07 Å². The summed E-state index contributed by atoms with van der Waals surface area (Å²) in [6, 6.07) is 4.93. The van der Waals surface area contributed by atoms with Gasteiger partial charge in [-0.2, -0.15) is 0 Å². The van der Waals surface area contributed by atoms with E-state index in [0.717, 1.165) is 30.6 Å². The van der Waals surface area contributed by atoms with E-state index >= 15 is 0 Å². The Morgan fingerprint density at radius 1 is 1.42 bits per heavy atom. The minimum Gasteiger partial charge on any atom is -0.396 e. The Balaban J connectivity index is 1.85. The summed E-state index contributed by atoms with van der Waals surface area (Å²) >= 11 is 0. The van der Waals surface area contributed by atoms with Gasteiger partial charge in [-0.05, 0) is 61.8 Å². The first-order chi connectivity index (χ1) is 9.14. The number of hydrogen-bond acceptors (Lipinski definition) is 2. The molecule has 3 rings (SSSR count). The first kappa shape index (κ1) is 13.1. The van der Waals surface area contributed by atoms with Gasteiger partial charge >= 0.3 is 0 Å². The number of ether oxygens (including phenoxy) is 1. The zero-order valence-corrected chi connectivity index (χ0v) is 11.4. The summed E-state index contributed by atoms with van der Waals surface area (Å²) in [5.74, 6) is 0.427. The zero-order chi connectivity index (χ0) is 13.5. The molecule has 2 atom stereocenters. The van der Waals surface area contributed by atoms with E-state index in [4.69, 9.17) is 4.74 Å². The van der Waals surface area contributed by atoms with Crippen LogP contribution in [0.15, 0.2) is 18.2 Å². The van der Waals surface area contributed by atoms with E-state index in [1.807, 2.05) is 13.0 Å². The van der Waals surface area contributed by atoms with E-state index in [2.05, 4.69) is 0 Å². The molecule has 0 amide bonds. The molecule has 1 aromatic rings. The van der Waals surface area contributed by atoms with Gasteiger partial charge in [0.2, 0.25) is 0 Å². The molecule has 0 bridgehead atoms. The number of halogens is 1. The lowest BCUT2D eigenvalue weighted by Crippen LogP contribution is -2.38. The molecule has 0 radical (unpaired) electrons. The van der Waals surface area contributed by atoms with Crippen LogP contribution in [0.25, 0.3) is 0 Å². The van der Waals surface area contributed by atoms with Crippen LogP contribution in [-0.4, -0.2) is 24.4 Å². The summed E-state index contributed by atoms with van der Waals surface area (Å²) in [4.78, 5) is 0. The maximum Gasteiger partial charge on any atom is 0.123 e. The molecule has 1 saturated heterocycles. The molecule has 2 aliphatic rings. The molecule has 0 spiro atoms. The van der Waals surface area contributed by atoms with Gasteiger partial charge in [0, 0.05) is 12.0 Å². The quantitative estimate of drug-likeness (QED) is 0.906. The predicted octanol–water partition coefficient (Wildman–Crippen LogP) is 2.85. The van der Waals surface area contributed by atoms with Crippen LogP contribution < -0.4 is 0 Å². The number of rotatable bonds is 4. The van der Waals surface area contributed by atoms with Crippen molar-refractivity contribution in [2.24, 2.45) is 11.3 Å². The third kappa shape index (κ3) is 2.41. The molecule has 2 fully saturated rings. The lowest BCUT2D eigenvalue weighted by atomic mass is 9.74. The molecule has 3 heteroatoms. The number of hydrogen-bond donors (Lipinski definition) is 1. The first-order valence-electron chi connectivity index (χ1n) is 7.12. The summed E-state index contributed by atoms with van der Waals surface area (Å²) in [5, 5.41) is 9.92. The van der Waals surface area contributed by atoms with Crippen LogP contribution in [0, 0.1) is 24.1 Å². The van der Waals surface area contributed by atoms with Gasteiger partial charge in [-0.15, -0.1) is 0 Å². The summed E-state index contributed by atoms with van der Waals surface area (Å²) in [5.41, 5.74) is 1.94. The van der Waals surface area contributed by atoms with Crippen molar-refractivity contribution in [1.82, 2.24) is 0 Å². The van der Waals surface area contributed by atoms with Gasteiger partial charge in [0.25, 0.3) is 0 Å². The van der Waals surface area contributed by atoms with Gasteiger partial charge in [-0.25, -0.2) is 4.39 Å². The molecule has 1 aromatic carbocycles. The highest BCUT2D eigenvalue weighted by Crippen LogP contribution is 2.49. The zero-order valence-electron chi connectivity index (χ0n) is 11.4. The highest BCUT2D eigenvalue weighted by Gasteiger charge is 2.50. The molecule has 2 nitrogen and oxygen atoms in total. The van der Waals surface area contributed by atoms with Crippen LogP contribution in [0.5, 0.6) is 0 Å². The topological polar surface area (TPSA) is 29.5 Å². The van der Waals surface area contributed by atoms with Crippen LogP contribution in [-0.2, 0) is 11.2 Å². The maximum absolute atomic E-state index is 13.2. The van der Waals surface area contributed by atoms with Gasteiger partial charge in [-0.1, -0.05) is 6.07 Å². The maximum atomic E-state index is 13.2. The average molecular weight is 264 g/mol. The lowest BCUT2D eigenvalue weighted by molar-refractivity contribution is 0.000516. The van der Waals surface area contributed by atoms with Crippen molar-refractivity contribution >= 4 is 0 Å². The predicted molar refractivity (Wildman–Crippen MR) is 71.4 cm³/mol. The Morgan fingerprint density at radius 2 is 2.21 bits per heavy atom. The minimum absolute atomic E-state index is 0.158. The molecule has 1 aliphatic heterocycles. The lowest BCUT2D eigenvalue weighted by Gasteiger charge is -2.33. The van der Waals surface area contributed by atoms with Crippen LogP contribution in [0.3, 0.4) is 0 Å². The van der Waals surface area contributed by atoms with Crippen LogP contribution in [0.2, 0.25) is 0 Å². The number of aliphatic hydroxyl groups is 1. The monoisotopic (exact) mass is 264 g/mol. The number of aliphatic hydroxyl groups excluding tert-OH is 1. The fourth-order valence-electron chi connectivity index (χ4n) is 3.39. The third-order valence-electron chi connectivity index (χ3n) is 4.71. The van der Waals surface area contributed by atoms with Crippen LogP contribution >= 0.6 is 0 Å². The second-order valence-electron chi connectivity index (χ2n) is 6.15. The summed E-state index contributed by atoms with van der Waals surface area (Å²) in [6.45, 7) is 2.83. The van der Waals surface area contributed by atoms with Crippen molar-refractivity contribution in [3.05, 3.63) is 35.1 Å². The molecule has 1 N–H and O–H groups in total. The number of benzene rings is 1. The van der Waals surface area contributed by atoms with Crippen molar-refractivity contribution in [3.63, 3.8) is 0 Å². The molecular formula is C16H21FO2. The Bertz CT molecular complexity index is 470. The largest absolute Gasteiger partial charge is 0.396 e. The van der Waals surface area contributed by atoms with Crippen molar-refractivity contribution in [1.29, 1.82) is 0 Å². The molecule has 1 heterocycles. The highest BCUT2D eigenvalue weighted by atomic mass is 19.1. The molecule has 1 saturated carbocycles. The molecular weight excluding hydrogens is 243 g/mol. The highest BCUT2D eigenvalue weighted by molar-refractivity contribution is 5.28. The van der Waals surface area contributed by atoms with Crippen molar-refractivity contribution in [2.75, 3.05) is 13.2 Å². The fraction of sp³-hybridized carbons (Fsp3) is 0.625. The number of aryl methyl sites for hydroxylation is 1. The van der Waals surface area contributed by atoms with E-state index in [9.17, 15) is 9.50 Å². The summed E-state index contributed by atoms with van der Waals surface area (Å²) in [7, 11) is 0. The Morgan fingerprint density at radius 3 is 2.84 bits per heavy atom. The normalized spacial score (nSPS) is 30.8. The molecule has 1 aliphatic carbocycles. The van der Waals surface area contributed by atoms with Gasteiger partial charge < -0.3 is 9.84 Å². The first-order valence-corrected chi connectivity index (χ1v) is 7.12. The Labute approximate surface area is 113 Å². The molecule has 104 valence electrons. The van der Waals surface area contributed by atoms with Crippen LogP contribution in [0.1, 0.15) is 30.4 Å². The molecule has 19 heavy (non-hydrogen) atoms. The van der Waals surface area contributed by atoms with Crippen molar-refractivity contribution in [2.45, 2.75) is 38.7 Å². The Kier molecular flexibility index (Phi) is 3.35. The van der Waals surface area contributed by atoms with Gasteiger partial charge in [-0.3, -0.25) is 0 Å². The summed E-state index contributed by atoms with van der Waals surface area (Å²) < 4.78 is 19.1.